The van der Waals surface area contributed by atoms with Crippen molar-refractivity contribution in [2.24, 2.45) is 0 Å². The van der Waals surface area contributed by atoms with Crippen molar-refractivity contribution in [1.29, 1.82) is 0 Å². The molecule has 1 unspecified atom stereocenters. The maximum atomic E-state index is 13.2. The van der Waals surface area contributed by atoms with Gasteiger partial charge in [0.1, 0.15) is 16.7 Å². The van der Waals surface area contributed by atoms with Gasteiger partial charge in [0.05, 0.1) is 18.0 Å². The van der Waals surface area contributed by atoms with Crippen LogP contribution in [0.2, 0.25) is 0 Å². The number of H-pyrrole nitrogens is 1. The van der Waals surface area contributed by atoms with Gasteiger partial charge in [0.2, 0.25) is 5.91 Å². The first-order chi connectivity index (χ1) is 14.0. The third-order valence-electron chi connectivity index (χ3n) is 6.60. The maximum absolute atomic E-state index is 13.2. The van der Waals surface area contributed by atoms with Gasteiger partial charge in [0, 0.05) is 37.3 Å². The number of aromatic amines is 1. The minimum Gasteiger partial charge on any atom is -0.465 e. The number of rotatable bonds is 2. The molecule has 9 heteroatoms. The zero-order chi connectivity index (χ0) is 20.2. The summed E-state index contributed by atoms with van der Waals surface area (Å²) in [6, 6.07) is 2.26. The number of hydrogen-bond acceptors (Lipinski definition) is 4. The summed E-state index contributed by atoms with van der Waals surface area (Å²) in [4.78, 5) is 39.9. The second-order valence-electron chi connectivity index (χ2n) is 8.22. The number of nitrogens with one attached hydrogen (secondary N) is 1. The number of pyridine rings is 1. The number of fused-ring (bicyclic) bond motifs is 3. The number of piperidine rings is 1. The fraction of sp³-hybridized carbons (Fsp3) is 0.500. The van der Waals surface area contributed by atoms with Crippen molar-refractivity contribution in [3.63, 3.8) is 0 Å². The monoisotopic (exact) mass is 396 g/mol. The standard InChI is InChI=1S/C20H24N6O3/c1-20(6-2-8-26(20)19(28)29)18(27)24-9-4-13(5-10-24)25-12-23-15-11-22-17-14(16(15)25)3-7-21-17/h3,7,11-13H,2,4-6,8-10H2,1H3,(H,21,22)(H,28,29). The third kappa shape index (κ3) is 2.67. The van der Waals surface area contributed by atoms with Crippen molar-refractivity contribution in [3.8, 4) is 0 Å². The van der Waals surface area contributed by atoms with Crippen LogP contribution in [-0.2, 0) is 4.79 Å². The highest BCUT2D eigenvalue weighted by Gasteiger charge is 2.48. The van der Waals surface area contributed by atoms with Crippen LogP contribution < -0.4 is 0 Å². The van der Waals surface area contributed by atoms with Crippen LogP contribution in [0.15, 0.2) is 24.8 Å². The molecule has 0 aromatic carbocycles. The van der Waals surface area contributed by atoms with Gasteiger partial charge in [-0.2, -0.15) is 0 Å². The Bertz CT molecular complexity index is 1100. The molecule has 9 nitrogen and oxygen atoms in total. The molecule has 2 amide bonds. The second-order valence-corrected chi connectivity index (χ2v) is 8.22. The summed E-state index contributed by atoms with van der Waals surface area (Å²) in [7, 11) is 0. The van der Waals surface area contributed by atoms with E-state index < -0.39 is 11.6 Å². The lowest BCUT2D eigenvalue weighted by Crippen LogP contribution is -2.57. The molecule has 0 bridgehead atoms. The summed E-state index contributed by atoms with van der Waals surface area (Å²) >= 11 is 0. The van der Waals surface area contributed by atoms with Gasteiger partial charge in [0.25, 0.3) is 0 Å². The fourth-order valence-corrected chi connectivity index (χ4v) is 4.99. The van der Waals surface area contributed by atoms with Crippen molar-refractivity contribution in [2.45, 2.75) is 44.2 Å². The van der Waals surface area contributed by atoms with E-state index in [-0.39, 0.29) is 11.9 Å². The number of carbonyl (C=O) groups excluding carboxylic acids is 1. The van der Waals surface area contributed by atoms with Gasteiger partial charge in [-0.25, -0.2) is 14.8 Å². The number of carboxylic acid groups (broad SMARTS) is 1. The molecule has 5 heterocycles. The summed E-state index contributed by atoms with van der Waals surface area (Å²) in [5.74, 6) is -0.0661. The van der Waals surface area contributed by atoms with Gasteiger partial charge in [-0.15, -0.1) is 0 Å². The first-order valence-electron chi connectivity index (χ1n) is 10.1. The van der Waals surface area contributed by atoms with Gasteiger partial charge in [0.15, 0.2) is 0 Å². The molecule has 2 fully saturated rings. The lowest BCUT2D eigenvalue weighted by molar-refractivity contribution is -0.142. The number of likely N-dealkylation sites (tertiary alicyclic amines) is 2. The second kappa shape index (κ2) is 6.47. The lowest BCUT2D eigenvalue weighted by atomic mass is 9.94. The number of amides is 2. The quantitative estimate of drug-likeness (QED) is 0.692. The highest BCUT2D eigenvalue weighted by Crippen LogP contribution is 2.34. The SMILES string of the molecule is CC1(C(=O)N2CCC(n3cnc4cnc5[nH]ccc5c43)CC2)CCCN1C(=O)O. The van der Waals surface area contributed by atoms with E-state index >= 15 is 0 Å². The van der Waals surface area contributed by atoms with E-state index in [0.29, 0.717) is 26.1 Å². The minimum atomic E-state index is -1.01. The molecule has 0 spiro atoms. The van der Waals surface area contributed by atoms with Gasteiger partial charge in [-0.3, -0.25) is 9.69 Å². The van der Waals surface area contributed by atoms with Gasteiger partial charge in [-0.1, -0.05) is 0 Å². The Morgan fingerprint density at radius 1 is 1.24 bits per heavy atom. The van der Waals surface area contributed by atoms with Gasteiger partial charge < -0.3 is 19.6 Å². The van der Waals surface area contributed by atoms with E-state index in [1.165, 1.54) is 4.90 Å². The predicted molar refractivity (Wildman–Crippen MR) is 107 cm³/mol. The third-order valence-corrected chi connectivity index (χ3v) is 6.60. The average Bonchev–Trinajstić information content (AvgIpc) is 3.44. The molecule has 0 aliphatic carbocycles. The van der Waals surface area contributed by atoms with Gasteiger partial charge >= 0.3 is 6.09 Å². The Kier molecular flexibility index (Phi) is 4.01. The molecular weight excluding hydrogens is 372 g/mol. The summed E-state index contributed by atoms with van der Waals surface area (Å²) in [5.41, 5.74) is 1.84. The minimum absolute atomic E-state index is 0.0661. The first kappa shape index (κ1) is 18.0. The van der Waals surface area contributed by atoms with E-state index in [1.54, 1.807) is 13.1 Å². The molecule has 152 valence electrons. The molecule has 3 aromatic rings. The predicted octanol–water partition coefficient (Wildman–Crippen LogP) is 2.61. The van der Waals surface area contributed by atoms with E-state index in [1.807, 2.05) is 23.5 Å². The zero-order valence-corrected chi connectivity index (χ0v) is 16.3. The number of imidazole rings is 1. The van der Waals surface area contributed by atoms with E-state index in [0.717, 1.165) is 41.3 Å². The molecule has 3 aromatic heterocycles. The molecule has 0 radical (unpaired) electrons. The first-order valence-corrected chi connectivity index (χ1v) is 10.1. The Morgan fingerprint density at radius 2 is 2.03 bits per heavy atom. The van der Waals surface area contributed by atoms with Crippen molar-refractivity contribution >= 4 is 34.1 Å². The van der Waals surface area contributed by atoms with E-state index in [2.05, 4.69) is 19.5 Å². The van der Waals surface area contributed by atoms with Crippen LogP contribution in [-0.4, -0.2) is 71.6 Å². The Hall–Kier alpha value is -3.10. The van der Waals surface area contributed by atoms with Crippen molar-refractivity contribution in [1.82, 2.24) is 29.3 Å². The van der Waals surface area contributed by atoms with E-state index in [4.69, 9.17) is 0 Å². The van der Waals surface area contributed by atoms with Crippen LogP contribution in [0.4, 0.5) is 4.79 Å². The molecular formula is C20H24N6O3. The van der Waals surface area contributed by atoms with E-state index in [9.17, 15) is 14.7 Å². The van der Waals surface area contributed by atoms with Crippen molar-refractivity contribution in [2.75, 3.05) is 19.6 Å². The summed E-state index contributed by atoms with van der Waals surface area (Å²) in [6.45, 7) is 3.43. The van der Waals surface area contributed by atoms with Gasteiger partial charge in [-0.05, 0) is 38.7 Å². The summed E-state index contributed by atoms with van der Waals surface area (Å²) in [6.07, 6.45) is 7.46. The molecule has 5 rings (SSSR count). The largest absolute Gasteiger partial charge is 0.465 e. The van der Waals surface area contributed by atoms with Crippen LogP contribution in [0.1, 0.15) is 38.6 Å². The number of carbonyl (C=O) groups is 2. The highest BCUT2D eigenvalue weighted by atomic mass is 16.4. The number of nitrogens with zero attached hydrogens (tertiary/aromatic N) is 5. The molecule has 2 N–H and O–H groups in total. The topological polar surface area (TPSA) is 107 Å². The number of aromatic nitrogens is 4. The molecule has 2 aliphatic heterocycles. The zero-order valence-electron chi connectivity index (χ0n) is 16.3. The van der Waals surface area contributed by atoms with Crippen LogP contribution in [0.25, 0.3) is 22.1 Å². The molecule has 2 aliphatic rings. The highest BCUT2D eigenvalue weighted by molar-refractivity contribution is 6.01. The molecule has 0 saturated carbocycles. The smallest absolute Gasteiger partial charge is 0.408 e. The summed E-state index contributed by atoms with van der Waals surface area (Å²) in [5, 5.41) is 10.5. The molecule has 1 atom stereocenters. The fourth-order valence-electron chi connectivity index (χ4n) is 4.99. The van der Waals surface area contributed by atoms with Crippen LogP contribution in [0, 0.1) is 0 Å². The Labute approximate surface area is 167 Å². The van der Waals surface area contributed by atoms with Crippen molar-refractivity contribution in [3.05, 3.63) is 24.8 Å². The maximum Gasteiger partial charge on any atom is 0.408 e. The summed E-state index contributed by atoms with van der Waals surface area (Å²) < 4.78 is 2.20. The molecule has 29 heavy (non-hydrogen) atoms. The normalized spacial score (nSPS) is 23.3. The number of hydrogen-bond donors (Lipinski definition) is 2. The van der Waals surface area contributed by atoms with Crippen LogP contribution in [0.5, 0.6) is 0 Å². The van der Waals surface area contributed by atoms with Crippen LogP contribution >= 0.6 is 0 Å². The lowest BCUT2D eigenvalue weighted by Gasteiger charge is -2.40. The van der Waals surface area contributed by atoms with Crippen molar-refractivity contribution < 1.29 is 14.7 Å². The van der Waals surface area contributed by atoms with Crippen LogP contribution in [0.3, 0.4) is 0 Å². The Morgan fingerprint density at radius 3 is 2.79 bits per heavy atom. The Balaban J connectivity index is 1.36. The molecule has 2 saturated heterocycles. The average molecular weight is 396 g/mol.